The summed E-state index contributed by atoms with van der Waals surface area (Å²) in [6, 6.07) is 0.875. The van der Waals surface area contributed by atoms with Gasteiger partial charge in [-0.05, 0) is 12.8 Å². The van der Waals surface area contributed by atoms with Crippen LogP contribution in [0, 0.1) is 0 Å². The van der Waals surface area contributed by atoms with E-state index in [0.717, 1.165) is 19.6 Å². The highest BCUT2D eigenvalue weighted by Gasteiger charge is 2.49. The average molecular weight is 152 g/mol. The van der Waals surface area contributed by atoms with Gasteiger partial charge in [0.25, 0.3) is 0 Å². The fourth-order valence-corrected chi connectivity index (χ4v) is 2.54. The van der Waals surface area contributed by atoms with Crippen molar-refractivity contribution >= 4 is 5.91 Å². The number of hydrogen-bond acceptors (Lipinski definition) is 2. The van der Waals surface area contributed by atoms with Crippen molar-refractivity contribution in [2.24, 2.45) is 0 Å². The molecule has 4 bridgehead atoms. The molecule has 0 aliphatic carbocycles. The van der Waals surface area contributed by atoms with E-state index in [-0.39, 0.29) is 6.04 Å². The van der Waals surface area contributed by atoms with E-state index in [0.29, 0.717) is 11.9 Å². The first-order valence-electron chi connectivity index (χ1n) is 4.41. The molecule has 0 aromatic heterocycles. The monoisotopic (exact) mass is 152 g/mol. The molecule has 3 heteroatoms. The zero-order valence-corrected chi connectivity index (χ0v) is 6.49. The van der Waals surface area contributed by atoms with Gasteiger partial charge in [0.1, 0.15) is 6.04 Å². The highest BCUT2D eigenvalue weighted by atomic mass is 16.2. The maximum Gasteiger partial charge on any atom is 0.242 e. The molecule has 0 N–H and O–H groups in total. The zero-order valence-electron chi connectivity index (χ0n) is 6.49. The molecule has 0 saturated carbocycles. The second kappa shape index (κ2) is 1.78. The Morgan fingerprint density at radius 2 is 2.00 bits per heavy atom. The Labute approximate surface area is 66.0 Å². The van der Waals surface area contributed by atoms with Crippen LogP contribution in [0.4, 0.5) is 0 Å². The van der Waals surface area contributed by atoms with Gasteiger partial charge in [0, 0.05) is 25.7 Å². The molecule has 6 rings (SSSR count). The van der Waals surface area contributed by atoms with Crippen LogP contribution in [0.2, 0.25) is 0 Å². The maximum absolute atomic E-state index is 11.4. The normalized spacial score (nSPS) is 47.1. The fourth-order valence-electron chi connectivity index (χ4n) is 2.54. The van der Waals surface area contributed by atoms with Crippen molar-refractivity contribution in [2.45, 2.75) is 24.9 Å². The first-order chi connectivity index (χ1) is 5.36. The van der Waals surface area contributed by atoms with E-state index in [4.69, 9.17) is 0 Å². The summed E-state index contributed by atoms with van der Waals surface area (Å²) in [5.74, 6) is 0.394. The Hall–Kier alpha value is -0.570. The second-order valence-corrected chi connectivity index (χ2v) is 3.77. The van der Waals surface area contributed by atoms with Gasteiger partial charge in [-0.2, -0.15) is 0 Å². The smallest absolute Gasteiger partial charge is 0.242 e. The van der Waals surface area contributed by atoms with Crippen LogP contribution in [0.3, 0.4) is 0 Å². The number of piperidine rings is 1. The van der Waals surface area contributed by atoms with Gasteiger partial charge >= 0.3 is 0 Å². The molecular formula is C8H12N2O. The topological polar surface area (TPSA) is 23.6 Å². The third-order valence-corrected chi connectivity index (χ3v) is 3.32. The van der Waals surface area contributed by atoms with Crippen LogP contribution in [-0.4, -0.2) is 47.4 Å². The molecule has 0 radical (unpaired) electrons. The van der Waals surface area contributed by atoms with Crippen LogP contribution < -0.4 is 0 Å². The van der Waals surface area contributed by atoms with E-state index in [1.54, 1.807) is 0 Å². The summed E-state index contributed by atoms with van der Waals surface area (Å²) >= 11 is 0. The number of β-lactam (4-membered cyclic amide) rings is 1. The van der Waals surface area contributed by atoms with Gasteiger partial charge in [0.05, 0.1) is 0 Å². The van der Waals surface area contributed by atoms with Crippen LogP contribution in [0.5, 0.6) is 0 Å². The molecule has 6 heterocycles. The van der Waals surface area contributed by atoms with Crippen molar-refractivity contribution in [2.75, 3.05) is 19.6 Å². The molecule has 1 amide bonds. The molecule has 11 heavy (non-hydrogen) atoms. The predicted octanol–water partition coefficient (Wildman–Crippen LogP) is -0.325. The minimum atomic E-state index is 0.280. The van der Waals surface area contributed by atoms with Crippen molar-refractivity contribution in [3.05, 3.63) is 0 Å². The van der Waals surface area contributed by atoms with Crippen molar-refractivity contribution in [3.63, 3.8) is 0 Å². The Morgan fingerprint density at radius 3 is 2.64 bits per heavy atom. The van der Waals surface area contributed by atoms with Gasteiger partial charge < -0.3 is 4.90 Å². The van der Waals surface area contributed by atoms with Gasteiger partial charge in [-0.15, -0.1) is 0 Å². The number of carbonyl (C=O) groups is 1. The summed E-state index contributed by atoms with van der Waals surface area (Å²) in [6.07, 6.45) is 2.42. The van der Waals surface area contributed by atoms with Gasteiger partial charge in [-0.1, -0.05) is 0 Å². The molecule has 6 aliphatic heterocycles. The molecule has 3 nitrogen and oxygen atoms in total. The van der Waals surface area contributed by atoms with Gasteiger partial charge in [-0.25, -0.2) is 0 Å². The third kappa shape index (κ3) is 0.601. The molecule has 6 saturated heterocycles. The highest BCUT2D eigenvalue weighted by Crippen LogP contribution is 2.32. The summed E-state index contributed by atoms with van der Waals surface area (Å²) in [7, 11) is 0. The predicted molar refractivity (Wildman–Crippen MR) is 40.1 cm³/mol. The Morgan fingerprint density at radius 1 is 1.27 bits per heavy atom. The number of nitrogens with zero attached hydrogens (tertiary/aromatic N) is 2. The SMILES string of the molecule is O=C1C2CN1C1CCN2CC1. The van der Waals surface area contributed by atoms with Gasteiger partial charge in [-0.3, -0.25) is 9.69 Å². The van der Waals surface area contributed by atoms with E-state index >= 15 is 0 Å². The largest absolute Gasteiger partial charge is 0.336 e. The Balaban J connectivity index is 2.00. The first kappa shape index (κ1) is 6.00. The second-order valence-electron chi connectivity index (χ2n) is 3.77. The van der Waals surface area contributed by atoms with Crippen molar-refractivity contribution in [3.8, 4) is 0 Å². The van der Waals surface area contributed by atoms with Crippen LogP contribution >= 0.6 is 0 Å². The van der Waals surface area contributed by atoms with Crippen LogP contribution in [0.25, 0.3) is 0 Å². The lowest BCUT2D eigenvalue weighted by Gasteiger charge is -2.39. The standard InChI is InChI=1S/C8H12N2O/c11-8-7-5-10(8)6-1-3-9(7)4-2-6/h6-7H,1-5H2. The minimum absolute atomic E-state index is 0.280. The quantitative estimate of drug-likeness (QED) is 0.444. The van der Waals surface area contributed by atoms with Gasteiger partial charge in [0.15, 0.2) is 0 Å². The van der Waals surface area contributed by atoms with E-state index in [1.807, 2.05) is 0 Å². The Kier molecular flexibility index (Phi) is 0.969. The molecule has 60 valence electrons. The fraction of sp³-hybridized carbons (Fsp3) is 0.875. The minimum Gasteiger partial charge on any atom is -0.336 e. The lowest BCUT2D eigenvalue weighted by molar-refractivity contribution is -0.147. The lowest BCUT2D eigenvalue weighted by Crippen LogP contribution is -2.60. The molecule has 0 aromatic carbocycles. The number of hydrogen-bond donors (Lipinski definition) is 0. The van der Waals surface area contributed by atoms with Crippen LogP contribution in [0.15, 0.2) is 0 Å². The van der Waals surface area contributed by atoms with E-state index in [1.165, 1.54) is 12.8 Å². The summed E-state index contributed by atoms with van der Waals surface area (Å²) in [6.45, 7) is 3.32. The van der Waals surface area contributed by atoms with Crippen molar-refractivity contribution in [1.82, 2.24) is 9.80 Å². The van der Waals surface area contributed by atoms with E-state index in [9.17, 15) is 4.79 Å². The molecule has 1 atom stereocenters. The molecule has 0 aromatic rings. The summed E-state index contributed by atoms with van der Waals surface area (Å²) in [5.41, 5.74) is 0. The summed E-state index contributed by atoms with van der Waals surface area (Å²) < 4.78 is 0. The molecule has 1 unspecified atom stereocenters. The lowest BCUT2D eigenvalue weighted by atomic mass is 10.1. The van der Waals surface area contributed by atoms with Crippen LogP contribution in [0.1, 0.15) is 12.8 Å². The first-order valence-corrected chi connectivity index (χ1v) is 4.41. The molecule has 6 aliphatic rings. The Bertz CT molecular complexity index is 188. The molecule has 0 spiro atoms. The highest BCUT2D eigenvalue weighted by molar-refractivity contribution is 5.88. The molecular weight excluding hydrogens is 140 g/mol. The number of rotatable bonds is 0. The van der Waals surface area contributed by atoms with Crippen LogP contribution in [-0.2, 0) is 4.79 Å². The van der Waals surface area contributed by atoms with E-state index in [2.05, 4.69) is 9.80 Å². The maximum atomic E-state index is 11.4. The molecule has 6 fully saturated rings. The average Bonchev–Trinajstić information content (AvgIpc) is 2.41. The summed E-state index contributed by atoms with van der Waals surface area (Å²) in [4.78, 5) is 15.8. The van der Waals surface area contributed by atoms with Crippen molar-refractivity contribution < 1.29 is 4.79 Å². The number of carbonyl (C=O) groups excluding carboxylic acids is 1. The third-order valence-electron chi connectivity index (χ3n) is 3.32. The van der Waals surface area contributed by atoms with E-state index < -0.39 is 0 Å². The van der Waals surface area contributed by atoms with Gasteiger partial charge in [0.2, 0.25) is 5.91 Å². The number of amides is 1. The summed E-state index contributed by atoms with van der Waals surface area (Å²) in [5, 5.41) is 0. The zero-order chi connectivity index (χ0) is 7.42. The van der Waals surface area contributed by atoms with Crippen molar-refractivity contribution in [1.29, 1.82) is 0 Å².